The van der Waals surface area contributed by atoms with Crippen LogP contribution in [0.15, 0.2) is 30.3 Å². The Hall–Kier alpha value is -2.14. The lowest BCUT2D eigenvalue weighted by Gasteiger charge is -2.32. The zero-order valence-electron chi connectivity index (χ0n) is 16.6. The second-order valence-corrected chi connectivity index (χ2v) is 8.75. The summed E-state index contributed by atoms with van der Waals surface area (Å²) >= 11 is 0. The zero-order chi connectivity index (χ0) is 18.9. The van der Waals surface area contributed by atoms with Crippen LogP contribution in [0.5, 0.6) is 0 Å². The summed E-state index contributed by atoms with van der Waals surface area (Å²) in [5.74, 6) is 1.60. The Labute approximate surface area is 167 Å². The van der Waals surface area contributed by atoms with Crippen LogP contribution in [0.25, 0.3) is 0 Å². The van der Waals surface area contributed by atoms with Gasteiger partial charge in [-0.3, -0.25) is 9.48 Å². The first-order valence-corrected chi connectivity index (χ1v) is 10.9. The van der Waals surface area contributed by atoms with Crippen LogP contribution in [-0.4, -0.2) is 40.2 Å². The van der Waals surface area contributed by atoms with Crippen LogP contribution in [-0.2, 0) is 25.9 Å². The van der Waals surface area contributed by atoms with Crippen molar-refractivity contribution in [2.24, 2.45) is 11.8 Å². The maximum atomic E-state index is 13.3. The number of likely N-dealkylation sites (tertiary alicyclic amines) is 1. The summed E-state index contributed by atoms with van der Waals surface area (Å²) < 4.78 is 2.16. The average Bonchev–Trinajstić information content (AvgIpc) is 3.49. The van der Waals surface area contributed by atoms with Crippen molar-refractivity contribution in [1.29, 1.82) is 0 Å². The topological polar surface area (TPSA) is 50.2 Å². The molecule has 0 radical (unpaired) electrons. The highest BCUT2D eigenvalue weighted by Crippen LogP contribution is 2.32. The number of carbonyl (C=O) groups is 1. The third kappa shape index (κ3) is 3.72. The van der Waals surface area contributed by atoms with Gasteiger partial charge in [-0.1, -0.05) is 30.3 Å². The Kier molecular flexibility index (Phi) is 4.93. The van der Waals surface area contributed by atoms with Gasteiger partial charge in [0.05, 0.1) is 0 Å². The Morgan fingerprint density at radius 3 is 2.61 bits per heavy atom. The van der Waals surface area contributed by atoms with Crippen LogP contribution in [0.4, 0.5) is 0 Å². The predicted molar refractivity (Wildman–Crippen MR) is 109 cm³/mol. The monoisotopic (exact) mass is 378 g/mol. The molecule has 1 saturated carbocycles. The highest BCUT2D eigenvalue weighted by atomic mass is 16.2. The summed E-state index contributed by atoms with van der Waals surface area (Å²) in [5.41, 5.74) is 4.58. The lowest BCUT2D eigenvalue weighted by Crippen LogP contribution is -2.39. The second-order valence-electron chi connectivity index (χ2n) is 8.75. The van der Waals surface area contributed by atoms with Gasteiger partial charge in [-0.2, -0.15) is 5.10 Å². The molecule has 0 atom stereocenters. The number of hydrogen-bond acceptors (Lipinski definition) is 3. The number of rotatable bonds is 5. The van der Waals surface area contributed by atoms with Gasteiger partial charge in [0.25, 0.3) is 5.91 Å². The molecule has 5 nitrogen and oxygen atoms in total. The van der Waals surface area contributed by atoms with E-state index < -0.39 is 0 Å². The first kappa shape index (κ1) is 17.9. The van der Waals surface area contributed by atoms with E-state index in [2.05, 4.69) is 40.3 Å². The summed E-state index contributed by atoms with van der Waals surface area (Å²) in [5, 5.41) is 8.25. The summed E-state index contributed by atoms with van der Waals surface area (Å²) in [6.45, 7) is 4.48. The highest BCUT2D eigenvalue weighted by Gasteiger charge is 2.32. The summed E-state index contributed by atoms with van der Waals surface area (Å²) in [4.78, 5) is 15.3. The number of piperidine rings is 1. The Morgan fingerprint density at radius 2 is 1.86 bits per heavy atom. The average molecular weight is 379 g/mol. The molecule has 1 N–H and O–H groups in total. The van der Waals surface area contributed by atoms with E-state index >= 15 is 0 Å². The fourth-order valence-corrected chi connectivity index (χ4v) is 4.72. The highest BCUT2D eigenvalue weighted by molar-refractivity contribution is 5.94. The van der Waals surface area contributed by atoms with Crippen molar-refractivity contribution >= 4 is 5.91 Å². The minimum atomic E-state index is 0.146. The van der Waals surface area contributed by atoms with Crippen molar-refractivity contribution in [2.75, 3.05) is 19.6 Å². The molecule has 1 aliphatic carbocycles. The van der Waals surface area contributed by atoms with Crippen LogP contribution in [0.2, 0.25) is 0 Å². The van der Waals surface area contributed by atoms with Gasteiger partial charge in [-0.05, 0) is 49.5 Å². The molecule has 2 aliphatic heterocycles. The van der Waals surface area contributed by atoms with Gasteiger partial charge >= 0.3 is 0 Å². The van der Waals surface area contributed by atoms with Gasteiger partial charge in [-0.15, -0.1) is 0 Å². The quantitative estimate of drug-likeness (QED) is 0.870. The number of carbonyl (C=O) groups excluding carboxylic acids is 1. The largest absolute Gasteiger partial charge is 0.337 e. The normalized spacial score (nSPS) is 20.2. The molecule has 1 saturated heterocycles. The van der Waals surface area contributed by atoms with E-state index in [9.17, 15) is 4.79 Å². The summed E-state index contributed by atoms with van der Waals surface area (Å²) in [6.07, 6.45) is 6.91. The number of hydrogen-bond donors (Lipinski definition) is 1. The number of nitrogens with one attached hydrogen (secondary N) is 1. The Balaban J connectivity index is 1.26. The SMILES string of the molecule is O=C(c1nn(CC2CC2)c2c1CNCC2)N1CCC(Cc2ccccc2)CC1. The van der Waals surface area contributed by atoms with Crippen LogP contribution in [0.1, 0.15) is 53.0 Å². The lowest BCUT2D eigenvalue weighted by molar-refractivity contribution is 0.0682. The Morgan fingerprint density at radius 1 is 1.07 bits per heavy atom. The Bertz CT molecular complexity index is 832. The van der Waals surface area contributed by atoms with Gasteiger partial charge in [0.15, 0.2) is 5.69 Å². The van der Waals surface area contributed by atoms with Crippen molar-refractivity contribution in [3.8, 4) is 0 Å². The van der Waals surface area contributed by atoms with Crippen molar-refractivity contribution in [3.63, 3.8) is 0 Å². The van der Waals surface area contributed by atoms with Gasteiger partial charge in [0.1, 0.15) is 0 Å². The molecule has 1 aromatic carbocycles. The molecule has 3 heterocycles. The molecule has 1 amide bonds. The van der Waals surface area contributed by atoms with E-state index in [0.29, 0.717) is 11.6 Å². The number of aromatic nitrogens is 2. The van der Waals surface area contributed by atoms with Gasteiger partial charge < -0.3 is 10.2 Å². The minimum absolute atomic E-state index is 0.146. The number of amides is 1. The molecular formula is C23H30N4O. The standard InChI is InChI=1S/C23H30N4O/c28-23(26-12-9-18(10-13-26)14-17-4-2-1-3-5-17)22-20-15-24-11-8-21(20)27(25-22)16-19-6-7-19/h1-5,18-19,24H,6-16H2. The third-order valence-electron chi connectivity index (χ3n) is 6.61. The summed E-state index contributed by atoms with van der Waals surface area (Å²) in [7, 11) is 0. The predicted octanol–water partition coefficient (Wildman–Crippen LogP) is 3.03. The molecule has 0 unspecified atom stereocenters. The van der Waals surface area contributed by atoms with Gasteiger partial charge in [-0.25, -0.2) is 0 Å². The smallest absolute Gasteiger partial charge is 0.274 e. The van der Waals surface area contributed by atoms with Crippen molar-refractivity contribution < 1.29 is 4.79 Å². The van der Waals surface area contributed by atoms with Crippen LogP contribution in [0.3, 0.4) is 0 Å². The van der Waals surface area contributed by atoms with E-state index in [4.69, 9.17) is 5.10 Å². The number of fused-ring (bicyclic) bond motifs is 1. The van der Waals surface area contributed by atoms with Gasteiger partial charge in [0.2, 0.25) is 0 Å². The van der Waals surface area contributed by atoms with Crippen molar-refractivity contribution in [2.45, 2.75) is 51.6 Å². The molecule has 2 fully saturated rings. The van der Waals surface area contributed by atoms with E-state index in [1.165, 1.54) is 24.1 Å². The molecule has 148 valence electrons. The molecule has 5 heteroatoms. The number of benzene rings is 1. The fourth-order valence-electron chi connectivity index (χ4n) is 4.72. The van der Waals surface area contributed by atoms with Crippen molar-refractivity contribution in [3.05, 3.63) is 52.8 Å². The zero-order valence-corrected chi connectivity index (χ0v) is 16.6. The van der Waals surface area contributed by atoms with E-state index in [-0.39, 0.29) is 5.91 Å². The molecule has 0 spiro atoms. The number of nitrogens with zero attached hydrogens (tertiary/aromatic N) is 3. The summed E-state index contributed by atoms with van der Waals surface area (Å²) in [6, 6.07) is 10.7. The molecule has 3 aliphatic rings. The van der Waals surface area contributed by atoms with Crippen molar-refractivity contribution in [1.82, 2.24) is 20.0 Å². The molecular weight excluding hydrogens is 348 g/mol. The maximum absolute atomic E-state index is 13.3. The fraction of sp³-hybridized carbons (Fsp3) is 0.565. The third-order valence-corrected chi connectivity index (χ3v) is 6.61. The van der Waals surface area contributed by atoms with E-state index in [0.717, 1.165) is 69.9 Å². The molecule has 1 aromatic heterocycles. The molecule has 28 heavy (non-hydrogen) atoms. The van der Waals surface area contributed by atoms with E-state index in [1.54, 1.807) is 0 Å². The molecule has 2 aromatic rings. The molecule has 0 bridgehead atoms. The van der Waals surface area contributed by atoms with Crippen LogP contribution < -0.4 is 5.32 Å². The second kappa shape index (κ2) is 7.70. The first-order chi connectivity index (χ1) is 13.8. The lowest BCUT2D eigenvalue weighted by atomic mass is 9.90. The van der Waals surface area contributed by atoms with E-state index in [1.807, 2.05) is 4.90 Å². The van der Waals surface area contributed by atoms with Crippen LogP contribution >= 0.6 is 0 Å². The van der Waals surface area contributed by atoms with Crippen LogP contribution in [0, 0.1) is 11.8 Å². The van der Waals surface area contributed by atoms with Gasteiger partial charge in [0, 0.05) is 50.4 Å². The first-order valence-electron chi connectivity index (χ1n) is 10.9. The maximum Gasteiger partial charge on any atom is 0.274 e. The molecule has 5 rings (SSSR count). The minimum Gasteiger partial charge on any atom is -0.337 e.